The largest absolute Gasteiger partial charge is 0.396 e. The number of nitrogens with two attached hydrogens (primary N) is 1. The number of nitrogens with one attached hydrogen (secondary N) is 1. The van der Waals surface area contributed by atoms with E-state index in [9.17, 15) is 18.4 Å². The Bertz CT molecular complexity index is 489. The zero-order valence-electron chi connectivity index (χ0n) is 9.96. The maximum atomic E-state index is 13.3. The number of likely N-dealkylation sites (N-methyl/N-ethyl adjacent to an activating group) is 1. The number of hydrogen-bond acceptors (Lipinski definition) is 3. The van der Waals surface area contributed by atoms with Crippen molar-refractivity contribution in [2.45, 2.75) is 0 Å². The molecule has 0 aliphatic rings. The van der Waals surface area contributed by atoms with Gasteiger partial charge in [-0.05, 0) is 6.07 Å². The van der Waals surface area contributed by atoms with Gasteiger partial charge in [0.15, 0.2) is 0 Å². The van der Waals surface area contributed by atoms with Crippen LogP contribution < -0.4 is 11.1 Å². The molecule has 0 radical (unpaired) electrons. The van der Waals surface area contributed by atoms with Crippen molar-refractivity contribution >= 4 is 17.5 Å². The molecule has 1 aromatic carbocycles. The summed E-state index contributed by atoms with van der Waals surface area (Å²) < 4.78 is 26.2. The maximum Gasteiger partial charge on any atom is 0.254 e. The van der Waals surface area contributed by atoms with Crippen molar-refractivity contribution in [2.24, 2.45) is 0 Å². The van der Waals surface area contributed by atoms with E-state index in [1.165, 1.54) is 19.0 Å². The summed E-state index contributed by atoms with van der Waals surface area (Å²) >= 11 is 0. The molecule has 0 heterocycles. The van der Waals surface area contributed by atoms with Gasteiger partial charge in [-0.25, -0.2) is 8.78 Å². The summed E-state index contributed by atoms with van der Waals surface area (Å²) in [5.41, 5.74) is 4.50. The van der Waals surface area contributed by atoms with Gasteiger partial charge < -0.3 is 16.0 Å². The first kappa shape index (κ1) is 13.9. The van der Waals surface area contributed by atoms with E-state index >= 15 is 0 Å². The van der Waals surface area contributed by atoms with Crippen molar-refractivity contribution in [1.29, 1.82) is 0 Å². The highest BCUT2D eigenvalue weighted by Crippen LogP contribution is 2.16. The van der Waals surface area contributed by atoms with E-state index < -0.39 is 23.1 Å². The number of carbonyl (C=O) groups is 2. The van der Waals surface area contributed by atoms with Crippen LogP contribution in [0.25, 0.3) is 0 Å². The lowest BCUT2D eigenvalue weighted by molar-refractivity contribution is -0.127. The lowest BCUT2D eigenvalue weighted by Crippen LogP contribution is -2.36. The Morgan fingerprint density at radius 1 is 1.28 bits per heavy atom. The number of rotatable bonds is 3. The molecule has 0 aliphatic carbocycles. The Kier molecular flexibility index (Phi) is 4.19. The van der Waals surface area contributed by atoms with E-state index in [0.717, 1.165) is 6.07 Å². The third kappa shape index (κ3) is 3.16. The zero-order chi connectivity index (χ0) is 13.9. The first-order valence-electron chi connectivity index (χ1n) is 5.05. The van der Waals surface area contributed by atoms with Crippen LogP contribution in [0.2, 0.25) is 0 Å². The molecule has 7 heteroatoms. The van der Waals surface area contributed by atoms with E-state index in [1.807, 2.05) is 0 Å². The first-order chi connectivity index (χ1) is 8.32. The molecule has 3 N–H and O–H groups in total. The molecule has 1 aromatic rings. The van der Waals surface area contributed by atoms with E-state index in [-0.39, 0.29) is 18.1 Å². The number of amides is 2. The van der Waals surface area contributed by atoms with Gasteiger partial charge >= 0.3 is 0 Å². The fourth-order valence-corrected chi connectivity index (χ4v) is 1.15. The fraction of sp³-hybridized carbons (Fsp3) is 0.273. The molecule has 0 atom stereocenters. The zero-order valence-corrected chi connectivity index (χ0v) is 9.96. The summed E-state index contributed by atoms with van der Waals surface area (Å²) in [6, 6.07) is 1.41. The van der Waals surface area contributed by atoms with E-state index in [2.05, 4.69) is 5.32 Å². The highest BCUT2D eigenvalue weighted by atomic mass is 19.1. The SMILES string of the molecule is CN(C)C(=O)CNC(=O)c1cc(N)c(F)cc1F. The van der Waals surface area contributed by atoms with Crippen molar-refractivity contribution in [1.82, 2.24) is 10.2 Å². The quantitative estimate of drug-likeness (QED) is 0.768. The Morgan fingerprint density at radius 2 is 1.89 bits per heavy atom. The third-order valence-corrected chi connectivity index (χ3v) is 2.23. The van der Waals surface area contributed by atoms with E-state index in [4.69, 9.17) is 5.73 Å². The fourth-order valence-electron chi connectivity index (χ4n) is 1.15. The summed E-state index contributed by atoms with van der Waals surface area (Å²) in [4.78, 5) is 24.0. The predicted octanol–water partition coefficient (Wildman–Crippen LogP) is 0.365. The molecular weight excluding hydrogens is 244 g/mol. The standard InChI is InChI=1S/C11H13F2N3O2/c1-16(2)10(17)5-15-11(18)6-3-9(14)8(13)4-7(6)12/h3-4H,5,14H2,1-2H3,(H,15,18). The lowest BCUT2D eigenvalue weighted by atomic mass is 10.1. The van der Waals surface area contributed by atoms with Gasteiger partial charge in [0.05, 0.1) is 17.8 Å². The van der Waals surface area contributed by atoms with Crippen LogP contribution >= 0.6 is 0 Å². The molecular formula is C11H13F2N3O2. The summed E-state index contributed by atoms with van der Waals surface area (Å²) in [5, 5.41) is 2.22. The Labute approximate surface area is 103 Å². The molecule has 98 valence electrons. The van der Waals surface area contributed by atoms with Crippen molar-refractivity contribution in [3.8, 4) is 0 Å². The van der Waals surface area contributed by atoms with Gasteiger partial charge in [-0.3, -0.25) is 9.59 Å². The monoisotopic (exact) mass is 257 g/mol. The van der Waals surface area contributed by atoms with Crippen LogP contribution in [-0.2, 0) is 4.79 Å². The molecule has 0 spiro atoms. The first-order valence-corrected chi connectivity index (χ1v) is 5.05. The minimum atomic E-state index is -1.03. The number of halogens is 2. The van der Waals surface area contributed by atoms with Crippen molar-refractivity contribution in [3.63, 3.8) is 0 Å². The molecule has 0 unspecified atom stereocenters. The number of hydrogen-bond donors (Lipinski definition) is 2. The van der Waals surface area contributed by atoms with Crippen LogP contribution in [0, 0.1) is 11.6 Å². The Balaban J connectivity index is 2.79. The molecule has 0 bridgehead atoms. The molecule has 5 nitrogen and oxygen atoms in total. The van der Waals surface area contributed by atoms with Crippen molar-refractivity contribution < 1.29 is 18.4 Å². The van der Waals surface area contributed by atoms with Gasteiger partial charge in [0, 0.05) is 20.2 Å². The molecule has 0 aliphatic heterocycles. The number of carbonyl (C=O) groups excluding carboxylic acids is 2. The Hall–Kier alpha value is -2.18. The van der Waals surface area contributed by atoms with Crippen LogP contribution in [0.15, 0.2) is 12.1 Å². The highest BCUT2D eigenvalue weighted by Gasteiger charge is 2.16. The second-order valence-electron chi connectivity index (χ2n) is 3.82. The highest BCUT2D eigenvalue weighted by molar-refractivity contribution is 5.97. The van der Waals surface area contributed by atoms with Gasteiger partial charge in [-0.2, -0.15) is 0 Å². The molecule has 1 rings (SSSR count). The minimum Gasteiger partial charge on any atom is -0.396 e. The minimum absolute atomic E-state index is 0.275. The smallest absolute Gasteiger partial charge is 0.254 e. The van der Waals surface area contributed by atoms with Gasteiger partial charge in [0.25, 0.3) is 5.91 Å². The molecule has 0 fully saturated rings. The molecule has 0 saturated heterocycles. The second kappa shape index (κ2) is 5.44. The molecule has 2 amide bonds. The average Bonchev–Trinajstić information content (AvgIpc) is 2.30. The second-order valence-corrected chi connectivity index (χ2v) is 3.82. The van der Waals surface area contributed by atoms with Gasteiger partial charge in [0.2, 0.25) is 5.91 Å². The third-order valence-electron chi connectivity index (χ3n) is 2.23. The normalized spacial score (nSPS) is 10.0. The van der Waals surface area contributed by atoms with E-state index in [0.29, 0.717) is 6.07 Å². The van der Waals surface area contributed by atoms with Crippen LogP contribution in [0.3, 0.4) is 0 Å². The summed E-state index contributed by atoms with van der Waals surface area (Å²) in [6.07, 6.45) is 0. The van der Waals surface area contributed by atoms with Gasteiger partial charge in [0.1, 0.15) is 11.6 Å². The summed E-state index contributed by atoms with van der Waals surface area (Å²) in [6.45, 7) is -0.275. The number of benzene rings is 1. The predicted molar refractivity (Wildman–Crippen MR) is 61.8 cm³/mol. The van der Waals surface area contributed by atoms with Gasteiger partial charge in [-0.15, -0.1) is 0 Å². The van der Waals surface area contributed by atoms with Crippen LogP contribution in [0.4, 0.5) is 14.5 Å². The molecule has 18 heavy (non-hydrogen) atoms. The topological polar surface area (TPSA) is 75.4 Å². The van der Waals surface area contributed by atoms with Crippen molar-refractivity contribution in [3.05, 3.63) is 29.3 Å². The summed E-state index contributed by atoms with van der Waals surface area (Å²) in [5.74, 6) is -3.14. The number of nitrogen functional groups attached to an aromatic ring is 1. The lowest BCUT2D eigenvalue weighted by Gasteiger charge is -2.11. The number of nitrogens with zero attached hydrogens (tertiary/aromatic N) is 1. The number of anilines is 1. The Morgan fingerprint density at radius 3 is 2.44 bits per heavy atom. The van der Waals surface area contributed by atoms with Crippen LogP contribution in [-0.4, -0.2) is 37.4 Å². The van der Waals surface area contributed by atoms with E-state index in [1.54, 1.807) is 0 Å². The maximum absolute atomic E-state index is 13.3. The molecule has 0 saturated carbocycles. The van der Waals surface area contributed by atoms with Crippen molar-refractivity contribution in [2.75, 3.05) is 26.4 Å². The average molecular weight is 257 g/mol. The summed E-state index contributed by atoms with van der Waals surface area (Å²) in [7, 11) is 3.04. The van der Waals surface area contributed by atoms with Crippen LogP contribution in [0.5, 0.6) is 0 Å². The van der Waals surface area contributed by atoms with Gasteiger partial charge in [-0.1, -0.05) is 0 Å². The molecule has 0 aromatic heterocycles. The van der Waals surface area contributed by atoms with Crippen LogP contribution in [0.1, 0.15) is 10.4 Å².